The van der Waals surface area contributed by atoms with Crippen LogP contribution in [0.1, 0.15) is 47.5 Å². The van der Waals surface area contributed by atoms with Crippen LogP contribution in [0.4, 0.5) is 11.5 Å². The third kappa shape index (κ3) is 3.43. The minimum absolute atomic E-state index is 0.0867. The van der Waals surface area contributed by atoms with Crippen LogP contribution in [0.25, 0.3) is 11.1 Å². The SMILES string of the molecule is CC(=O)N1CCc2c(c(N3CCCc4cc(-c5cnn(C)c5C)c(C#N)cc43)nn2C2COC2)C1. The third-order valence-electron chi connectivity index (χ3n) is 7.72. The zero-order valence-corrected chi connectivity index (χ0v) is 20.4. The molecule has 1 fully saturated rings. The Hall–Kier alpha value is -3.64. The van der Waals surface area contributed by atoms with Gasteiger partial charge in [0.1, 0.15) is 0 Å². The Morgan fingerprint density at radius 3 is 2.69 bits per heavy atom. The van der Waals surface area contributed by atoms with Crippen molar-refractivity contribution >= 4 is 17.4 Å². The number of amides is 1. The van der Waals surface area contributed by atoms with Crippen molar-refractivity contribution in [2.45, 2.75) is 45.7 Å². The van der Waals surface area contributed by atoms with Crippen molar-refractivity contribution in [3.63, 3.8) is 0 Å². The van der Waals surface area contributed by atoms with E-state index in [1.165, 1.54) is 11.3 Å². The Balaban J connectivity index is 1.47. The maximum Gasteiger partial charge on any atom is 0.219 e. The van der Waals surface area contributed by atoms with Crippen LogP contribution in [0.2, 0.25) is 0 Å². The van der Waals surface area contributed by atoms with E-state index in [4.69, 9.17) is 9.84 Å². The van der Waals surface area contributed by atoms with Gasteiger partial charge in [0.2, 0.25) is 5.91 Å². The Morgan fingerprint density at radius 1 is 1.20 bits per heavy atom. The standard InChI is InChI=1S/C26H29N7O2/c1-16-22(12-28-30(16)3)21-9-18-5-4-7-32(25(18)10-19(21)11-27)26-23-13-31(17(2)34)8-6-24(23)33(29-26)20-14-35-15-20/h9-10,12,20H,4-8,13-15H2,1-3H3. The number of rotatable bonds is 3. The Morgan fingerprint density at radius 2 is 2.03 bits per heavy atom. The number of hydrogen-bond acceptors (Lipinski definition) is 6. The zero-order valence-electron chi connectivity index (χ0n) is 20.4. The first-order chi connectivity index (χ1) is 17.0. The van der Waals surface area contributed by atoms with Crippen molar-refractivity contribution in [3.05, 3.63) is 46.4 Å². The molecule has 0 N–H and O–H groups in total. The maximum atomic E-state index is 12.2. The van der Waals surface area contributed by atoms with E-state index in [-0.39, 0.29) is 11.9 Å². The molecule has 6 rings (SSSR count). The molecule has 1 saturated heterocycles. The molecule has 0 unspecified atom stereocenters. The molecule has 0 bridgehead atoms. The van der Waals surface area contributed by atoms with Crippen LogP contribution in [0.15, 0.2) is 18.3 Å². The van der Waals surface area contributed by atoms with Gasteiger partial charge in [0, 0.05) is 67.2 Å². The quantitative estimate of drug-likeness (QED) is 0.583. The molecule has 3 aromatic rings. The van der Waals surface area contributed by atoms with Crippen LogP contribution >= 0.6 is 0 Å². The van der Waals surface area contributed by atoms with Gasteiger partial charge in [0.05, 0.1) is 43.6 Å². The van der Waals surface area contributed by atoms with Crippen molar-refractivity contribution < 1.29 is 9.53 Å². The van der Waals surface area contributed by atoms with Gasteiger partial charge in [-0.1, -0.05) is 0 Å². The molecule has 35 heavy (non-hydrogen) atoms. The average Bonchev–Trinajstić information content (AvgIpc) is 3.36. The highest BCUT2D eigenvalue weighted by Crippen LogP contribution is 2.41. The predicted octanol–water partition coefficient (Wildman–Crippen LogP) is 3.02. The minimum atomic E-state index is 0.0867. The van der Waals surface area contributed by atoms with E-state index in [1.54, 1.807) is 6.92 Å². The van der Waals surface area contributed by atoms with Crippen molar-refractivity contribution in [2.24, 2.45) is 7.05 Å². The summed E-state index contributed by atoms with van der Waals surface area (Å²) >= 11 is 0. The van der Waals surface area contributed by atoms with Crippen molar-refractivity contribution in [3.8, 4) is 17.2 Å². The van der Waals surface area contributed by atoms with Gasteiger partial charge < -0.3 is 14.5 Å². The molecular formula is C26H29N7O2. The molecular weight excluding hydrogens is 442 g/mol. The number of carbonyl (C=O) groups is 1. The molecule has 1 amide bonds. The van der Waals surface area contributed by atoms with Gasteiger partial charge in [0.15, 0.2) is 5.82 Å². The highest BCUT2D eigenvalue weighted by Gasteiger charge is 2.35. The van der Waals surface area contributed by atoms with Crippen molar-refractivity contribution in [1.29, 1.82) is 5.26 Å². The molecule has 5 heterocycles. The average molecular weight is 472 g/mol. The number of ether oxygens (including phenoxy) is 1. The third-order valence-corrected chi connectivity index (χ3v) is 7.72. The van der Waals surface area contributed by atoms with Gasteiger partial charge in [-0.2, -0.15) is 15.5 Å². The van der Waals surface area contributed by atoms with Crippen LogP contribution < -0.4 is 4.90 Å². The summed E-state index contributed by atoms with van der Waals surface area (Å²) in [6, 6.07) is 6.84. The molecule has 2 aromatic heterocycles. The highest BCUT2D eigenvalue weighted by atomic mass is 16.5. The maximum absolute atomic E-state index is 12.2. The Kier molecular flexibility index (Phi) is 5.15. The summed E-state index contributed by atoms with van der Waals surface area (Å²) in [7, 11) is 1.92. The van der Waals surface area contributed by atoms with Gasteiger partial charge >= 0.3 is 0 Å². The van der Waals surface area contributed by atoms with E-state index in [2.05, 4.69) is 26.8 Å². The second kappa shape index (κ2) is 8.24. The molecule has 0 radical (unpaired) electrons. The van der Waals surface area contributed by atoms with Gasteiger partial charge in [-0.25, -0.2) is 0 Å². The zero-order chi connectivity index (χ0) is 24.3. The van der Waals surface area contributed by atoms with Crippen LogP contribution in [0.3, 0.4) is 0 Å². The van der Waals surface area contributed by atoms with E-state index < -0.39 is 0 Å². The lowest BCUT2D eigenvalue weighted by Gasteiger charge is -2.33. The molecule has 9 heteroatoms. The van der Waals surface area contributed by atoms with Gasteiger partial charge in [-0.05, 0) is 37.5 Å². The second-order valence-electron chi connectivity index (χ2n) is 9.74. The number of fused-ring (bicyclic) bond motifs is 2. The van der Waals surface area contributed by atoms with Gasteiger partial charge in [-0.3, -0.25) is 14.2 Å². The lowest BCUT2D eigenvalue weighted by atomic mass is 9.92. The molecule has 1 aromatic carbocycles. The monoisotopic (exact) mass is 471 g/mol. The Bertz CT molecular complexity index is 1380. The summed E-state index contributed by atoms with van der Waals surface area (Å²) in [6.45, 7) is 7.11. The molecule has 0 saturated carbocycles. The van der Waals surface area contributed by atoms with Crippen LogP contribution in [-0.4, -0.2) is 56.7 Å². The molecule has 180 valence electrons. The van der Waals surface area contributed by atoms with Crippen LogP contribution in [0.5, 0.6) is 0 Å². The van der Waals surface area contributed by atoms with Gasteiger partial charge in [-0.15, -0.1) is 0 Å². The largest absolute Gasteiger partial charge is 0.377 e. The summed E-state index contributed by atoms with van der Waals surface area (Å²) in [4.78, 5) is 16.4. The fourth-order valence-electron chi connectivity index (χ4n) is 5.51. The molecule has 0 aliphatic carbocycles. The summed E-state index contributed by atoms with van der Waals surface area (Å²) < 4.78 is 9.44. The van der Waals surface area contributed by atoms with E-state index >= 15 is 0 Å². The van der Waals surface area contributed by atoms with Crippen LogP contribution in [-0.2, 0) is 36.0 Å². The normalized spacial score (nSPS) is 17.5. The lowest BCUT2D eigenvalue weighted by Crippen LogP contribution is -2.37. The topological polar surface area (TPSA) is 92.2 Å². The summed E-state index contributed by atoms with van der Waals surface area (Å²) in [5, 5.41) is 19.6. The minimum Gasteiger partial charge on any atom is -0.377 e. The fourth-order valence-corrected chi connectivity index (χ4v) is 5.51. The number of hydrogen-bond donors (Lipinski definition) is 0. The molecule has 9 nitrogen and oxygen atoms in total. The number of aromatic nitrogens is 4. The van der Waals surface area contributed by atoms with E-state index in [0.29, 0.717) is 31.9 Å². The summed E-state index contributed by atoms with van der Waals surface area (Å²) in [5.41, 5.74) is 8.18. The van der Waals surface area contributed by atoms with Gasteiger partial charge in [0.25, 0.3) is 0 Å². The smallest absolute Gasteiger partial charge is 0.219 e. The summed E-state index contributed by atoms with van der Waals surface area (Å²) in [5.74, 6) is 0.997. The first kappa shape index (κ1) is 21.9. The van der Waals surface area contributed by atoms with E-state index in [0.717, 1.165) is 59.7 Å². The highest BCUT2D eigenvalue weighted by molar-refractivity contribution is 5.80. The summed E-state index contributed by atoms with van der Waals surface area (Å²) in [6.07, 6.45) is 4.58. The van der Waals surface area contributed by atoms with E-state index in [9.17, 15) is 10.1 Å². The number of benzene rings is 1. The number of nitriles is 1. The second-order valence-corrected chi connectivity index (χ2v) is 9.74. The number of aryl methyl sites for hydroxylation is 2. The van der Waals surface area contributed by atoms with Crippen LogP contribution in [0, 0.1) is 18.3 Å². The molecule has 3 aliphatic rings. The Labute approximate surface area is 204 Å². The van der Waals surface area contributed by atoms with E-state index in [1.807, 2.05) is 35.8 Å². The molecule has 0 atom stereocenters. The first-order valence-electron chi connectivity index (χ1n) is 12.2. The number of anilines is 2. The first-order valence-corrected chi connectivity index (χ1v) is 12.2. The van der Waals surface area contributed by atoms with Crippen molar-refractivity contribution in [2.75, 3.05) is 31.2 Å². The molecule has 0 spiro atoms. The van der Waals surface area contributed by atoms with Crippen molar-refractivity contribution in [1.82, 2.24) is 24.5 Å². The molecule has 3 aliphatic heterocycles. The fraction of sp³-hybridized carbons (Fsp3) is 0.462. The predicted molar refractivity (Wildman–Crippen MR) is 130 cm³/mol. The number of carbonyl (C=O) groups excluding carboxylic acids is 1. The lowest BCUT2D eigenvalue weighted by molar-refractivity contribution is -0.129. The number of nitrogens with zero attached hydrogens (tertiary/aromatic N) is 7.